The van der Waals surface area contributed by atoms with E-state index < -0.39 is 10.0 Å². The van der Waals surface area contributed by atoms with Crippen LogP contribution in [0.2, 0.25) is 0 Å². The number of aryl methyl sites for hydroxylation is 1. The molecule has 0 aromatic heterocycles. The third kappa shape index (κ3) is 5.88. The molecule has 25 heavy (non-hydrogen) atoms. The molecule has 6 nitrogen and oxygen atoms in total. The van der Waals surface area contributed by atoms with Crippen LogP contribution in [-0.4, -0.2) is 27.5 Å². The van der Waals surface area contributed by atoms with E-state index in [4.69, 9.17) is 4.74 Å². The second-order valence-electron chi connectivity index (χ2n) is 5.58. The molecule has 0 unspecified atom stereocenters. The van der Waals surface area contributed by atoms with Crippen molar-refractivity contribution in [1.29, 1.82) is 0 Å². The van der Waals surface area contributed by atoms with E-state index in [1.165, 1.54) is 24.3 Å². The van der Waals surface area contributed by atoms with E-state index in [9.17, 15) is 13.2 Å². The lowest BCUT2D eigenvalue weighted by Crippen LogP contribution is -2.24. The molecular formula is C18H22N2O4S. The fourth-order valence-electron chi connectivity index (χ4n) is 2.10. The Balaban J connectivity index is 1.90. The van der Waals surface area contributed by atoms with Crippen molar-refractivity contribution >= 4 is 21.6 Å². The highest BCUT2D eigenvalue weighted by atomic mass is 32.2. The topological polar surface area (TPSA) is 84.5 Å². The summed E-state index contributed by atoms with van der Waals surface area (Å²) in [7, 11) is -3.50. The molecule has 0 spiro atoms. The molecule has 0 aliphatic carbocycles. The number of carbonyl (C=O) groups excluding carboxylic acids is 1. The molecule has 2 aromatic rings. The molecule has 7 heteroatoms. The van der Waals surface area contributed by atoms with Crippen LogP contribution in [0, 0.1) is 6.92 Å². The molecule has 0 bridgehead atoms. The van der Waals surface area contributed by atoms with Crippen LogP contribution in [0.15, 0.2) is 53.4 Å². The predicted octanol–water partition coefficient (Wildman–Crippen LogP) is 2.70. The van der Waals surface area contributed by atoms with Gasteiger partial charge in [0.05, 0.1) is 4.90 Å². The fraction of sp³-hybridized carbons (Fsp3) is 0.278. The lowest BCUT2D eigenvalue weighted by molar-refractivity contribution is -0.118. The summed E-state index contributed by atoms with van der Waals surface area (Å²) in [6.07, 6.45) is 0.719. The average molecular weight is 362 g/mol. The summed E-state index contributed by atoms with van der Waals surface area (Å²) in [4.78, 5) is 12.1. The van der Waals surface area contributed by atoms with Crippen molar-refractivity contribution in [3.05, 3.63) is 54.1 Å². The van der Waals surface area contributed by atoms with E-state index in [1.807, 2.05) is 32.0 Å². The molecule has 0 aliphatic rings. The summed E-state index contributed by atoms with van der Waals surface area (Å²) in [5.74, 6) is 0.140. The standard InChI is InChI=1S/C18H22N2O4S/c1-3-11-19-25(22,23)17-9-7-16(8-10-17)24-13-18(21)20-15-6-4-5-14(2)12-15/h4-10,12,19H,3,11,13H2,1-2H3,(H,20,21). The first-order chi connectivity index (χ1) is 11.9. The Kier molecular flexibility index (Phi) is 6.55. The van der Waals surface area contributed by atoms with Crippen molar-refractivity contribution in [2.45, 2.75) is 25.2 Å². The molecule has 0 atom stereocenters. The summed E-state index contributed by atoms with van der Waals surface area (Å²) in [6, 6.07) is 13.4. The lowest BCUT2D eigenvalue weighted by Gasteiger charge is -2.09. The van der Waals surface area contributed by atoms with Gasteiger partial charge in [-0.05, 0) is 55.3 Å². The van der Waals surface area contributed by atoms with E-state index in [0.717, 1.165) is 12.0 Å². The lowest BCUT2D eigenvalue weighted by atomic mass is 10.2. The van der Waals surface area contributed by atoms with Gasteiger partial charge in [0, 0.05) is 12.2 Å². The van der Waals surface area contributed by atoms with Gasteiger partial charge in [0.2, 0.25) is 10.0 Å². The number of anilines is 1. The maximum absolute atomic E-state index is 12.0. The summed E-state index contributed by atoms with van der Waals surface area (Å²) >= 11 is 0. The Labute approximate surface area is 148 Å². The first-order valence-corrected chi connectivity index (χ1v) is 9.48. The maximum Gasteiger partial charge on any atom is 0.262 e. The van der Waals surface area contributed by atoms with Crippen LogP contribution < -0.4 is 14.8 Å². The van der Waals surface area contributed by atoms with Gasteiger partial charge in [0.15, 0.2) is 6.61 Å². The minimum Gasteiger partial charge on any atom is -0.484 e. The van der Waals surface area contributed by atoms with Gasteiger partial charge in [0.25, 0.3) is 5.91 Å². The average Bonchev–Trinajstić information content (AvgIpc) is 2.59. The van der Waals surface area contributed by atoms with Gasteiger partial charge in [-0.2, -0.15) is 0 Å². The van der Waals surface area contributed by atoms with Crippen LogP contribution in [0.25, 0.3) is 0 Å². The normalized spacial score (nSPS) is 11.1. The highest BCUT2D eigenvalue weighted by Crippen LogP contribution is 2.16. The minimum absolute atomic E-state index is 0.159. The van der Waals surface area contributed by atoms with Gasteiger partial charge in [-0.15, -0.1) is 0 Å². The zero-order valence-electron chi connectivity index (χ0n) is 14.3. The molecule has 0 saturated carbocycles. The zero-order valence-corrected chi connectivity index (χ0v) is 15.1. The zero-order chi connectivity index (χ0) is 18.3. The number of rotatable bonds is 8. The molecule has 134 valence electrons. The number of benzene rings is 2. The predicted molar refractivity (Wildman–Crippen MR) is 97.2 cm³/mol. The largest absolute Gasteiger partial charge is 0.484 e. The van der Waals surface area contributed by atoms with Crippen molar-refractivity contribution in [2.75, 3.05) is 18.5 Å². The van der Waals surface area contributed by atoms with E-state index in [2.05, 4.69) is 10.0 Å². The molecule has 0 heterocycles. The Bertz CT molecular complexity index is 817. The van der Waals surface area contributed by atoms with Crippen molar-refractivity contribution in [3.8, 4) is 5.75 Å². The van der Waals surface area contributed by atoms with E-state index in [0.29, 0.717) is 18.0 Å². The Hall–Kier alpha value is -2.38. The Morgan fingerprint density at radius 3 is 2.48 bits per heavy atom. The number of carbonyl (C=O) groups is 1. The molecule has 0 saturated heterocycles. The SMILES string of the molecule is CCCNS(=O)(=O)c1ccc(OCC(=O)Nc2cccc(C)c2)cc1. The third-order valence-corrected chi connectivity index (χ3v) is 4.82. The second-order valence-corrected chi connectivity index (χ2v) is 7.34. The smallest absolute Gasteiger partial charge is 0.262 e. The van der Waals surface area contributed by atoms with E-state index in [-0.39, 0.29) is 17.4 Å². The minimum atomic E-state index is -3.50. The highest BCUT2D eigenvalue weighted by Gasteiger charge is 2.13. The molecule has 2 aromatic carbocycles. The summed E-state index contributed by atoms with van der Waals surface area (Å²) in [5.41, 5.74) is 1.75. The van der Waals surface area contributed by atoms with E-state index >= 15 is 0 Å². The van der Waals surface area contributed by atoms with E-state index in [1.54, 1.807) is 6.07 Å². The van der Waals surface area contributed by atoms with Crippen LogP contribution in [-0.2, 0) is 14.8 Å². The summed E-state index contributed by atoms with van der Waals surface area (Å²) in [5, 5.41) is 2.74. The van der Waals surface area contributed by atoms with Crippen LogP contribution in [0.4, 0.5) is 5.69 Å². The second kappa shape index (κ2) is 8.64. The Morgan fingerprint density at radius 1 is 1.12 bits per heavy atom. The number of amides is 1. The number of hydrogen-bond acceptors (Lipinski definition) is 4. The fourth-order valence-corrected chi connectivity index (χ4v) is 3.24. The van der Waals surface area contributed by atoms with Gasteiger partial charge >= 0.3 is 0 Å². The molecular weight excluding hydrogens is 340 g/mol. The molecule has 0 aliphatic heterocycles. The first-order valence-electron chi connectivity index (χ1n) is 8.00. The van der Waals surface area contributed by atoms with Crippen LogP contribution in [0.1, 0.15) is 18.9 Å². The molecule has 2 rings (SSSR count). The van der Waals surface area contributed by atoms with Gasteiger partial charge in [-0.3, -0.25) is 4.79 Å². The molecule has 2 N–H and O–H groups in total. The van der Waals surface area contributed by atoms with Gasteiger partial charge in [-0.1, -0.05) is 19.1 Å². The van der Waals surface area contributed by atoms with Crippen LogP contribution >= 0.6 is 0 Å². The number of hydrogen-bond donors (Lipinski definition) is 2. The summed E-state index contributed by atoms with van der Waals surface area (Å²) in [6.45, 7) is 4.06. The molecule has 0 radical (unpaired) electrons. The van der Waals surface area contributed by atoms with Gasteiger partial charge in [0.1, 0.15) is 5.75 Å². The first kappa shape index (κ1) is 19.0. The highest BCUT2D eigenvalue weighted by molar-refractivity contribution is 7.89. The van der Waals surface area contributed by atoms with Crippen LogP contribution in [0.5, 0.6) is 5.75 Å². The van der Waals surface area contributed by atoms with Crippen molar-refractivity contribution < 1.29 is 17.9 Å². The van der Waals surface area contributed by atoms with Crippen molar-refractivity contribution in [2.24, 2.45) is 0 Å². The maximum atomic E-state index is 12.0. The number of nitrogens with one attached hydrogen (secondary N) is 2. The van der Waals surface area contributed by atoms with Crippen LogP contribution in [0.3, 0.4) is 0 Å². The van der Waals surface area contributed by atoms with Gasteiger partial charge in [-0.25, -0.2) is 13.1 Å². The third-order valence-electron chi connectivity index (χ3n) is 3.35. The molecule has 1 amide bonds. The Morgan fingerprint density at radius 2 is 1.84 bits per heavy atom. The van der Waals surface area contributed by atoms with Gasteiger partial charge < -0.3 is 10.1 Å². The summed E-state index contributed by atoms with van der Waals surface area (Å²) < 4.78 is 31.9. The molecule has 0 fully saturated rings. The number of ether oxygens (including phenoxy) is 1. The quantitative estimate of drug-likeness (QED) is 0.756. The number of sulfonamides is 1. The van der Waals surface area contributed by atoms with Crippen molar-refractivity contribution in [1.82, 2.24) is 4.72 Å². The monoisotopic (exact) mass is 362 g/mol. The van der Waals surface area contributed by atoms with Crippen molar-refractivity contribution in [3.63, 3.8) is 0 Å².